The molecule has 0 N–H and O–H groups in total. The summed E-state index contributed by atoms with van der Waals surface area (Å²) >= 11 is 0. The Morgan fingerprint density at radius 3 is 2.27 bits per heavy atom. The second-order valence-corrected chi connectivity index (χ2v) is 9.30. The lowest BCUT2D eigenvalue weighted by atomic mass is 10.1. The molecule has 0 aliphatic carbocycles. The number of carbonyl (C=O) groups excluding carboxylic acids is 1. The Bertz CT molecular complexity index is 1280. The Hall–Kier alpha value is -3.18. The average Bonchev–Trinajstić information content (AvgIpc) is 3.28. The molecular weight excluding hydrogens is 464 g/mol. The van der Waals surface area contributed by atoms with Crippen LogP contribution >= 0.6 is 0 Å². The van der Waals surface area contributed by atoms with E-state index in [1.165, 1.54) is 35.2 Å². The predicted molar refractivity (Wildman–Crippen MR) is 110 cm³/mol. The van der Waals surface area contributed by atoms with E-state index in [2.05, 4.69) is 0 Å². The van der Waals surface area contributed by atoms with Gasteiger partial charge < -0.3 is 9.32 Å². The van der Waals surface area contributed by atoms with Crippen molar-refractivity contribution in [1.82, 2.24) is 9.21 Å². The highest BCUT2D eigenvalue weighted by Crippen LogP contribution is 2.31. The molecule has 0 bridgehead atoms. The maximum atomic E-state index is 13.9. The molecule has 1 aliphatic heterocycles. The van der Waals surface area contributed by atoms with Crippen LogP contribution in [0.3, 0.4) is 0 Å². The summed E-state index contributed by atoms with van der Waals surface area (Å²) < 4.78 is 85.0. The first kappa shape index (κ1) is 23.0. The molecule has 1 aliphatic rings. The van der Waals surface area contributed by atoms with Gasteiger partial charge in [-0.15, -0.1) is 0 Å². The summed E-state index contributed by atoms with van der Waals surface area (Å²) in [5, 5.41) is 0. The van der Waals surface area contributed by atoms with E-state index in [0.29, 0.717) is 6.07 Å². The van der Waals surface area contributed by atoms with E-state index < -0.39 is 38.4 Å². The first-order valence-electron chi connectivity index (χ1n) is 9.89. The number of furan rings is 1. The molecule has 0 unspecified atom stereocenters. The summed E-state index contributed by atoms with van der Waals surface area (Å²) in [4.78, 5) is 13.7. The Morgan fingerprint density at radius 2 is 1.61 bits per heavy atom. The number of hydrogen-bond donors (Lipinski definition) is 0. The van der Waals surface area contributed by atoms with Gasteiger partial charge in [-0.2, -0.15) is 17.5 Å². The highest BCUT2D eigenvalue weighted by Gasteiger charge is 2.35. The molecule has 1 fully saturated rings. The van der Waals surface area contributed by atoms with Crippen molar-refractivity contribution in [2.24, 2.45) is 0 Å². The van der Waals surface area contributed by atoms with E-state index in [1.54, 1.807) is 6.07 Å². The lowest BCUT2D eigenvalue weighted by molar-refractivity contribution is -0.137. The number of piperazine rings is 1. The molecule has 1 amide bonds. The molecule has 11 heteroatoms. The first-order valence-corrected chi connectivity index (χ1v) is 11.3. The lowest BCUT2D eigenvalue weighted by Crippen LogP contribution is -2.50. The van der Waals surface area contributed by atoms with Crippen molar-refractivity contribution < 1.29 is 35.2 Å². The number of amides is 1. The van der Waals surface area contributed by atoms with Gasteiger partial charge in [0.2, 0.25) is 10.0 Å². The molecule has 2 aromatic carbocycles. The summed E-state index contributed by atoms with van der Waals surface area (Å²) in [6.45, 7) is -0.143. The molecule has 1 saturated heterocycles. The zero-order valence-electron chi connectivity index (χ0n) is 17.0. The summed E-state index contributed by atoms with van der Waals surface area (Å²) in [5.74, 6) is -0.836. The van der Waals surface area contributed by atoms with Crippen molar-refractivity contribution in [1.29, 1.82) is 0 Å². The quantitative estimate of drug-likeness (QED) is 0.522. The molecule has 174 valence electrons. The van der Waals surface area contributed by atoms with E-state index in [9.17, 15) is 30.8 Å². The first-order chi connectivity index (χ1) is 15.6. The maximum absolute atomic E-state index is 13.9. The topological polar surface area (TPSA) is 70.8 Å². The fourth-order valence-electron chi connectivity index (χ4n) is 3.53. The van der Waals surface area contributed by atoms with Gasteiger partial charge in [0.1, 0.15) is 11.6 Å². The minimum absolute atomic E-state index is 0.0206. The van der Waals surface area contributed by atoms with E-state index in [0.717, 1.165) is 22.5 Å². The second kappa shape index (κ2) is 8.64. The van der Waals surface area contributed by atoms with Crippen LogP contribution in [0.1, 0.15) is 16.1 Å². The van der Waals surface area contributed by atoms with Crippen molar-refractivity contribution in [2.45, 2.75) is 11.1 Å². The third-order valence-corrected chi connectivity index (χ3v) is 7.18. The Kier molecular flexibility index (Phi) is 6.02. The summed E-state index contributed by atoms with van der Waals surface area (Å²) in [5.41, 5.74) is -0.852. The third kappa shape index (κ3) is 4.64. The van der Waals surface area contributed by atoms with Gasteiger partial charge in [-0.25, -0.2) is 12.8 Å². The fourth-order valence-corrected chi connectivity index (χ4v) is 5.00. The van der Waals surface area contributed by atoms with E-state index in [-0.39, 0.29) is 43.3 Å². The largest absolute Gasteiger partial charge is 0.451 e. The van der Waals surface area contributed by atoms with E-state index >= 15 is 0 Å². The molecule has 2 heterocycles. The molecule has 0 saturated carbocycles. The number of rotatable bonds is 4. The van der Waals surface area contributed by atoms with Gasteiger partial charge in [0.05, 0.1) is 16.0 Å². The number of hydrogen-bond acceptors (Lipinski definition) is 4. The molecule has 0 spiro atoms. The minimum atomic E-state index is -4.67. The molecule has 3 aromatic rings. The number of halogens is 4. The SMILES string of the molecule is O=C(c1ccc(-c2ccccc2F)o1)N1CCN(S(=O)(=O)c2cccc(C(F)(F)F)c2)CC1. The van der Waals surface area contributed by atoms with Crippen LogP contribution in [0.25, 0.3) is 11.3 Å². The normalized spacial score (nSPS) is 15.6. The van der Waals surface area contributed by atoms with Crippen LogP contribution in [-0.2, 0) is 16.2 Å². The highest BCUT2D eigenvalue weighted by atomic mass is 32.2. The van der Waals surface area contributed by atoms with Crippen molar-refractivity contribution in [2.75, 3.05) is 26.2 Å². The molecule has 0 radical (unpaired) electrons. The van der Waals surface area contributed by atoms with Gasteiger partial charge in [0, 0.05) is 26.2 Å². The van der Waals surface area contributed by atoms with Crippen LogP contribution < -0.4 is 0 Å². The van der Waals surface area contributed by atoms with Gasteiger partial charge in [-0.05, 0) is 42.5 Å². The van der Waals surface area contributed by atoms with Crippen LogP contribution in [0.15, 0.2) is 70.0 Å². The molecular formula is C22H18F4N2O4S. The summed E-state index contributed by atoms with van der Waals surface area (Å²) in [7, 11) is -4.16. The Balaban J connectivity index is 1.45. The number of nitrogens with zero attached hydrogens (tertiary/aromatic N) is 2. The minimum Gasteiger partial charge on any atom is -0.451 e. The van der Waals surface area contributed by atoms with Crippen molar-refractivity contribution >= 4 is 15.9 Å². The van der Waals surface area contributed by atoms with Crippen molar-refractivity contribution in [3.8, 4) is 11.3 Å². The Morgan fingerprint density at radius 1 is 0.909 bits per heavy atom. The summed E-state index contributed by atoms with van der Waals surface area (Å²) in [6, 6.07) is 12.4. The van der Waals surface area contributed by atoms with Gasteiger partial charge in [-0.3, -0.25) is 4.79 Å². The second-order valence-electron chi connectivity index (χ2n) is 7.37. The standard InChI is InChI=1S/C22H18F4N2O4S/c23-18-7-2-1-6-17(18)19-8-9-20(32-19)21(29)27-10-12-28(13-11-27)33(30,31)16-5-3-4-15(14-16)22(24,25)26/h1-9,14H,10-13H2. The molecule has 33 heavy (non-hydrogen) atoms. The highest BCUT2D eigenvalue weighted by molar-refractivity contribution is 7.89. The Labute approximate surface area is 187 Å². The van der Waals surface area contributed by atoms with Crippen molar-refractivity contribution in [3.63, 3.8) is 0 Å². The summed E-state index contributed by atoms with van der Waals surface area (Å²) in [6.07, 6.45) is -4.67. The van der Waals surface area contributed by atoms with Crippen LogP contribution in [0, 0.1) is 5.82 Å². The number of benzene rings is 2. The number of carbonyl (C=O) groups is 1. The predicted octanol–water partition coefficient (Wildman–Crippen LogP) is 4.25. The van der Waals surface area contributed by atoms with Gasteiger partial charge >= 0.3 is 6.18 Å². The van der Waals surface area contributed by atoms with E-state index in [4.69, 9.17) is 4.42 Å². The monoisotopic (exact) mass is 482 g/mol. The maximum Gasteiger partial charge on any atom is 0.416 e. The van der Waals surface area contributed by atoms with Crippen LogP contribution in [0.4, 0.5) is 17.6 Å². The molecule has 4 rings (SSSR count). The van der Waals surface area contributed by atoms with Gasteiger partial charge in [-0.1, -0.05) is 18.2 Å². The number of alkyl halides is 3. The van der Waals surface area contributed by atoms with E-state index in [1.807, 2.05) is 0 Å². The van der Waals surface area contributed by atoms with Gasteiger partial charge in [0.25, 0.3) is 5.91 Å². The van der Waals surface area contributed by atoms with Gasteiger partial charge in [0.15, 0.2) is 5.76 Å². The lowest BCUT2D eigenvalue weighted by Gasteiger charge is -2.33. The smallest absolute Gasteiger partial charge is 0.416 e. The van der Waals surface area contributed by atoms with Crippen molar-refractivity contribution in [3.05, 3.63) is 77.8 Å². The molecule has 1 aromatic heterocycles. The zero-order valence-corrected chi connectivity index (χ0v) is 17.9. The van der Waals surface area contributed by atoms with Crippen LogP contribution in [0.5, 0.6) is 0 Å². The third-order valence-electron chi connectivity index (χ3n) is 5.28. The number of sulfonamides is 1. The van der Waals surface area contributed by atoms with Crippen LogP contribution in [-0.4, -0.2) is 49.7 Å². The van der Waals surface area contributed by atoms with Crippen LogP contribution in [0.2, 0.25) is 0 Å². The average molecular weight is 482 g/mol. The fraction of sp³-hybridized carbons (Fsp3) is 0.227. The molecule has 6 nitrogen and oxygen atoms in total. The zero-order chi connectivity index (χ0) is 23.8. The molecule has 0 atom stereocenters.